The SMILES string of the molecule is COc1cc(CCC(=O)CC(=O)CC(CCCCc2cccc(O)c2)c2cc[nH]c2)ccc1O. The normalized spacial score (nSPS) is 11.8. The second-order valence-corrected chi connectivity index (χ2v) is 8.72. The number of methoxy groups -OCH3 is 1. The average Bonchev–Trinajstić information content (AvgIpc) is 3.35. The number of aromatic amines is 1. The fraction of sp³-hybridized carbons (Fsp3) is 0.357. The lowest BCUT2D eigenvalue weighted by Gasteiger charge is -2.15. The number of carbonyl (C=O) groups excluding carboxylic acids is 2. The van der Waals surface area contributed by atoms with Gasteiger partial charge in [-0.15, -0.1) is 0 Å². The Bertz CT molecular complexity index is 1070. The predicted molar refractivity (Wildman–Crippen MR) is 131 cm³/mol. The Morgan fingerprint density at radius 2 is 1.79 bits per heavy atom. The van der Waals surface area contributed by atoms with Gasteiger partial charge in [0.2, 0.25) is 0 Å². The van der Waals surface area contributed by atoms with Gasteiger partial charge < -0.3 is 19.9 Å². The highest BCUT2D eigenvalue weighted by molar-refractivity contribution is 5.99. The summed E-state index contributed by atoms with van der Waals surface area (Å²) in [5.74, 6) is 0.686. The van der Waals surface area contributed by atoms with E-state index in [-0.39, 0.29) is 41.8 Å². The van der Waals surface area contributed by atoms with E-state index in [1.807, 2.05) is 30.6 Å². The molecule has 6 nitrogen and oxygen atoms in total. The zero-order valence-electron chi connectivity index (χ0n) is 19.6. The highest BCUT2D eigenvalue weighted by atomic mass is 16.5. The molecule has 3 N–H and O–H groups in total. The largest absolute Gasteiger partial charge is 0.508 e. The monoisotopic (exact) mass is 463 g/mol. The maximum absolute atomic E-state index is 12.7. The van der Waals surface area contributed by atoms with Crippen LogP contribution in [0, 0.1) is 0 Å². The maximum atomic E-state index is 12.7. The van der Waals surface area contributed by atoms with E-state index in [0.29, 0.717) is 18.6 Å². The standard InChI is InChI=1S/C28H33NO5/c1-34-28-16-21(10-12-27(28)33)9-11-25(31)18-26(32)17-22(23-13-14-29-19-23)7-3-2-5-20-6-4-8-24(30)15-20/h4,6,8,10,12-16,19,22,29-30,33H,2-3,5,7,9,11,17-18H2,1H3. The summed E-state index contributed by atoms with van der Waals surface area (Å²) >= 11 is 0. The van der Waals surface area contributed by atoms with Crippen LogP contribution < -0.4 is 4.74 Å². The van der Waals surface area contributed by atoms with Crippen molar-refractivity contribution >= 4 is 11.6 Å². The Morgan fingerprint density at radius 1 is 0.971 bits per heavy atom. The van der Waals surface area contributed by atoms with Gasteiger partial charge in [-0.05, 0) is 78.6 Å². The molecule has 0 aliphatic rings. The summed E-state index contributed by atoms with van der Waals surface area (Å²) < 4.78 is 5.10. The number of aromatic hydroxyl groups is 2. The first-order valence-corrected chi connectivity index (χ1v) is 11.7. The lowest BCUT2D eigenvalue weighted by molar-refractivity contribution is -0.127. The van der Waals surface area contributed by atoms with Crippen LogP contribution in [0.4, 0.5) is 0 Å². The van der Waals surface area contributed by atoms with Crippen molar-refractivity contribution in [3.8, 4) is 17.2 Å². The molecule has 3 aromatic rings. The predicted octanol–water partition coefficient (Wildman–Crippen LogP) is 5.48. The van der Waals surface area contributed by atoms with Crippen LogP contribution in [0.15, 0.2) is 60.9 Å². The molecular formula is C28H33NO5. The van der Waals surface area contributed by atoms with E-state index in [2.05, 4.69) is 4.98 Å². The molecule has 0 amide bonds. The van der Waals surface area contributed by atoms with Crippen LogP contribution in [0.2, 0.25) is 0 Å². The van der Waals surface area contributed by atoms with Gasteiger partial charge in [-0.1, -0.05) is 24.6 Å². The van der Waals surface area contributed by atoms with Crippen molar-refractivity contribution in [2.75, 3.05) is 7.11 Å². The van der Waals surface area contributed by atoms with Gasteiger partial charge >= 0.3 is 0 Å². The fourth-order valence-electron chi connectivity index (χ4n) is 4.23. The van der Waals surface area contributed by atoms with Gasteiger partial charge in [0.1, 0.15) is 17.3 Å². The number of carbonyl (C=O) groups is 2. The van der Waals surface area contributed by atoms with Crippen LogP contribution in [0.3, 0.4) is 0 Å². The minimum atomic E-state index is -0.0752. The number of unbranched alkanes of at least 4 members (excludes halogenated alkanes) is 1. The van der Waals surface area contributed by atoms with Crippen molar-refractivity contribution in [1.82, 2.24) is 4.98 Å². The smallest absolute Gasteiger partial charge is 0.160 e. The number of H-pyrrole nitrogens is 1. The molecule has 1 aromatic heterocycles. The molecule has 1 atom stereocenters. The molecule has 1 unspecified atom stereocenters. The summed E-state index contributed by atoms with van der Waals surface area (Å²) in [4.78, 5) is 28.2. The van der Waals surface area contributed by atoms with Crippen LogP contribution in [-0.2, 0) is 22.4 Å². The van der Waals surface area contributed by atoms with E-state index in [1.165, 1.54) is 7.11 Å². The number of phenolic OH excluding ortho intramolecular Hbond substituents is 2. The Balaban J connectivity index is 1.46. The number of benzene rings is 2. The van der Waals surface area contributed by atoms with Gasteiger partial charge in [0, 0.05) is 25.2 Å². The number of rotatable bonds is 14. The van der Waals surface area contributed by atoms with Crippen molar-refractivity contribution in [2.24, 2.45) is 0 Å². The summed E-state index contributed by atoms with van der Waals surface area (Å²) in [5.41, 5.74) is 3.08. The first-order valence-electron chi connectivity index (χ1n) is 11.7. The fourth-order valence-corrected chi connectivity index (χ4v) is 4.23. The molecule has 0 saturated carbocycles. The number of aryl methyl sites for hydroxylation is 2. The van der Waals surface area contributed by atoms with Crippen molar-refractivity contribution < 1.29 is 24.5 Å². The summed E-state index contributed by atoms with van der Waals surface area (Å²) in [6.07, 6.45) is 8.51. The molecule has 2 aromatic carbocycles. The topological polar surface area (TPSA) is 99.6 Å². The van der Waals surface area contributed by atoms with Crippen LogP contribution >= 0.6 is 0 Å². The number of hydrogen-bond acceptors (Lipinski definition) is 5. The Labute approximate surface area is 200 Å². The Hall–Kier alpha value is -3.54. The van der Waals surface area contributed by atoms with E-state index in [9.17, 15) is 19.8 Å². The van der Waals surface area contributed by atoms with Gasteiger partial charge in [-0.25, -0.2) is 0 Å². The van der Waals surface area contributed by atoms with Crippen molar-refractivity contribution in [3.63, 3.8) is 0 Å². The summed E-state index contributed by atoms with van der Waals surface area (Å²) in [7, 11) is 1.48. The number of hydrogen-bond donors (Lipinski definition) is 3. The van der Waals surface area contributed by atoms with Crippen molar-refractivity contribution in [3.05, 3.63) is 77.6 Å². The van der Waals surface area contributed by atoms with Gasteiger partial charge in [0.15, 0.2) is 11.5 Å². The third kappa shape index (κ3) is 7.80. The molecule has 0 fully saturated rings. The lowest BCUT2D eigenvalue weighted by atomic mass is 9.88. The molecular weight excluding hydrogens is 430 g/mol. The van der Waals surface area contributed by atoms with Crippen molar-refractivity contribution in [1.29, 1.82) is 0 Å². The van der Waals surface area contributed by atoms with Crippen LogP contribution in [-0.4, -0.2) is 33.9 Å². The molecule has 180 valence electrons. The third-order valence-electron chi connectivity index (χ3n) is 6.08. The Morgan fingerprint density at radius 3 is 2.53 bits per heavy atom. The number of phenols is 2. The first-order chi connectivity index (χ1) is 16.4. The van der Waals surface area contributed by atoms with Gasteiger partial charge in [-0.2, -0.15) is 0 Å². The van der Waals surface area contributed by atoms with E-state index in [1.54, 1.807) is 30.3 Å². The zero-order valence-corrected chi connectivity index (χ0v) is 19.6. The molecule has 3 rings (SSSR count). The van der Waals surface area contributed by atoms with Gasteiger partial charge in [0.05, 0.1) is 13.5 Å². The van der Waals surface area contributed by atoms with E-state index >= 15 is 0 Å². The van der Waals surface area contributed by atoms with Crippen LogP contribution in [0.5, 0.6) is 17.2 Å². The molecule has 0 saturated heterocycles. The second kappa shape index (κ2) is 12.6. The lowest BCUT2D eigenvalue weighted by Crippen LogP contribution is -2.12. The Kier molecular flexibility index (Phi) is 9.32. The molecule has 0 spiro atoms. The van der Waals surface area contributed by atoms with E-state index in [4.69, 9.17) is 4.74 Å². The zero-order chi connectivity index (χ0) is 24.3. The quantitative estimate of drug-likeness (QED) is 0.217. The number of ether oxygens (including phenoxy) is 1. The molecule has 34 heavy (non-hydrogen) atoms. The highest BCUT2D eigenvalue weighted by Crippen LogP contribution is 2.28. The van der Waals surface area contributed by atoms with Crippen LogP contribution in [0.1, 0.15) is 61.1 Å². The second-order valence-electron chi connectivity index (χ2n) is 8.72. The van der Waals surface area contributed by atoms with E-state index < -0.39 is 0 Å². The molecule has 0 bridgehead atoms. The van der Waals surface area contributed by atoms with E-state index in [0.717, 1.165) is 42.4 Å². The summed E-state index contributed by atoms with van der Waals surface area (Å²) in [6.45, 7) is 0. The molecule has 0 radical (unpaired) electrons. The minimum absolute atomic E-state index is 0.0348. The van der Waals surface area contributed by atoms with Crippen LogP contribution in [0.25, 0.3) is 0 Å². The molecule has 0 aliphatic carbocycles. The number of Topliss-reactive ketones (excluding diaryl/α,β-unsaturated/α-hetero) is 2. The molecule has 0 aliphatic heterocycles. The number of aromatic nitrogens is 1. The summed E-state index contributed by atoms with van der Waals surface area (Å²) in [6, 6.07) is 14.3. The highest BCUT2D eigenvalue weighted by Gasteiger charge is 2.19. The van der Waals surface area contributed by atoms with Gasteiger partial charge in [-0.3, -0.25) is 9.59 Å². The third-order valence-corrected chi connectivity index (χ3v) is 6.08. The first kappa shape index (κ1) is 25.1. The molecule has 6 heteroatoms. The number of nitrogens with one attached hydrogen (secondary N) is 1. The van der Waals surface area contributed by atoms with Gasteiger partial charge in [0.25, 0.3) is 0 Å². The summed E-state index contributed by atoms with van der Waals surface area (Å²) in [5, 5.41) is 19.3. The van der Waals surface area contributed by atoms with Crippen molar-refractivity contribution in [2.45, 2.75) is 57.3 Å². The minimum Gasteiger partial charge on any atom is -0.508 e. The molecule has 1 heterocycles. The number of ketones is 2. The average molecular weight is 464 g/mol. The maximum Gasteiger partial charge on any atom is 0.160 e.